The zero-order valence-electron chi connectivity index (χ0n) is 16.8. The molecule has 2 aromatic carbocycles. The van der Waals surface area contributed by atoms with Crippen LogP contribution in [-0.2, 0) is 16.4 Å². The lowest BCUT2D eigenvalue weighted by atomic mass is 10.1. The molecule has 0 atom stereocenters. The summed E-state index contributed by atoms with van der Waals surface area (Å²) >= 11 is 0. The van der Waals surface area contributed by atoms with Crippen molar-refractivity contribution in [2.75, 3.05) is 7.11 Å². The fourth-order valence-electron chi connectivity index (χ4n) is 3.38. The summed E-state index contributed by atoms with van der Waals surface area (Å²) in [7, 11) is -2.16. The van der Waals surface area contributed by atoms with Gasteiger partial charge in [0.2, 0.25) is 0 Å². The van der Waals surface area contributed by atoms with Crippen LogP contribution in [0.15, 0.2) is 78.1 Å². The molecule has 0 spiro atoms. The van der Waals surface area contributed by atoms with Gasteiger partial charge in [0.15, 0.2) is 0 Å². The number of pyridine rings is 1. The van der Waals surface area contributed by atoms with Crippen LogP contribution < -0.4 is 9.47 Å². The number of benzene rings is 2. The Bertz CT molecular complexity index is 1260. The van der Waals surface area contributed by atoms with E-state index in [0.717, 1.165) is 23.8 Å². The Morgan fingerprint density at radius 2 is 1.77 bits per heavy atom. The first-order valence-corrected chi connectivity index (χ1v) is 11.1. The monoisotopic (exact) mass is 422 g/mol. The first-order chi connectivity index (χ1) is 14.5. The van der Waals surface area contributed by atoms with Gasteiger partial charge in [0.05, 0.1) is 23.7 Å². The van der Waals surface area contributed by atoms with E-state index in [-0.39, 0.29) is 4.90 Å². The number of ether oxygens (including phenoxy) is 2. The summed E-state index contributed by atoms with van der Waals surface area (Å²) < 4.78 is 39.1. The second kappa shape index (κ2) is 8.20. The van der Waals surface area contributed by atoms with E-state index in [2.05, 4.69) is 11.9 Å². The lowest BCUT2D eigenvalue weighted by molar-refractivity contribution is 0.415. The first kappa shape index (κ1) is 20.0. The Hall–Kier alpha value is -3.32. The van der Waals surface area contributed by atoms with Crippen LogP contribution in [0.25, 0.3) is 10.9 Å². The smallest absolute Gasteiger partial charge is 0.268 e. The molecule has 0 aliphatic rings. The number of methoxy groups -OCH3 is 1. The lowest BCUT2D eigenvalue weighted by Gasteiger charge is -2.09. The number of aromatic nitrogens is 2. The molecular weight excluding hydrogens is 400 g/mol. The summed E-state index contributed by atoms with van der Waals surface area (Å²) in [5, 5.41) is 0.885. The highest BCUT2D eigenvalue weighted by molar-refractivity contribution is 7.90. The van der Waals surface area contributed by atoms with E-state index in [1.54, 1.807) is 74.2 Å². The van der Waals surface area contributed by atoms with Gasteiger partial charge >= 0.3 is 0 Å². The molecule has 0 fully saturated rings. The Morgan fingerprint density at radius 1 is 1.00 bits per heavy atom. The fourth-order valence-corrected chi connectivity index (χ4v) is 4.77. The van der Waals surface area contributed by atoms with E-state index in [4.69, 9.17) is 9.47 Å². The topological polar surface area (TPSA) is 70.4 Å². The molecular formula is C23H22N2O4S. The maximum atomic E-state index is 13.4. The van der Waals surface area contributed by atoms with Gasteiger partial charge in [-0.2, -0.15) is 0 Å². The third-order valence-electron chi connectivity index (χ3n) is 4.83. The molecule has 0 bridgehead atoms. The van der Waals surface area contributed by atoms with Crippen LogP contribution in [0.2, 0.25) is 0 Å². The van der Waals surface area contributed by atoms with E-state index >= 15 is 0 Å². The fraction of sp³-hybridized carbons (Fsp3) is 0.174. The zero-order chi connectivity index (χ0) is 21.1. The van der Waals surface area contributed by atoms with Crippen molar-refractivity contribution in [1.29, 1.82) is 0 Å². The first-order valence-electron chi connectivity index (χ1n) is 9.64. The van der Waals surface area contributed by atoms with Gasteiger partial charge in [0.1, 0.15) is 17.2 Å². The minimum absolute atomic E-state index is 0.191. The van der Waals surface area contributed by atoms with E-state index in [1.807, 2.05) is 6.07 Å². The van der Waals surface area contributed by atoms with Crippen molar-refractivity contribution in [2.24, 2.45) is 0 Å². The summed E-state index contributed by atoms with van der Waals surface area (Å²) in [6.45, 7) is 2.07. The number of fused-ring (bicyclic) bond motifs is 1. The molecule has 4 aromatic rings. The summed E-state index contributed by atoms with van der Waals surface area (Å²) in [6, 6.07) is 15.4. The van der Waals surface area contributed by atoms with E-state index in [9.17, 15) is 8.42 Å². The van der Waals surface area contributed by atoms with Crippen LogP contribution in [0.3, 0.4) is 0 Å². The molecule has 30 heavy (non-hydrogen) atoms. The summed E-state index contributed by atoms with van der Waals surface area (Å²) in [5.41, 5.74) is 1.61. The molecule has 0 saturated heterocycles. The molecule has 0 N–H and O–H groups in total. The minimum atomic E-state index is -3.76. The Labute approximate surface area is 175 Å². The molecule has 2 aromatic heterocycles. The molecule has 0 saturated carbocycles. The molecule has 0 radical (unpaired) electrons. The number of rotatable bonds is 7. The predicted octanol–water partition coefficient (Wildman–Crippen LogP) is 5.03. The molecule has 4 rings (SSSR count). The number of aryl methyl sites for hydroxylation is 1. The van der Waals surface area contributed by atoms with Gasteiger partial charge < -0.3 is 9.47 Å². The molecule has 0 amide bonds. The summed E-state index contributed by atoms with van der Waals surface area (Å²) in [6.07, 6.45) is 6.66. The van der Waals surface area contributed by atoms with E-state index in [0.29, 0.717) is 22.8 Å². The van der Waals surface area contributed by atoms with Gasteiger partial charge in [0, 0.05) is 17.8 Å². The van der Waals surface area contributed by atoms with Gasteiger partial charge in [-0.3, -0.25) is 4.98 Å². The molecule has 0 aliphatic carbocycles. The second-order valence-corrected chi connectivity index (χ2v) is 8.67. The highest BCUT2D eigenvalue weighted by atomic mass is 32.2. The van der Waals surface area contributed by atoms with Crippen LogP contribution in [-0.4, -0.2) is 24.5 Å². The molecule has 6 nitrogen and oxygen atoms in total. The van der Waals surface area contributed by atoms with Crippen molar-refractivity contribution in [1.82, 2.24) is 8.96 Å². The Balaban J connectivity index is 1.72. The lowest BCUT2D eigenvalue weighted by Crippen LogP contribution is -2.11. The van der Waals surface area contributed by atoms with Crippen molar-refractivity contribution in [2.45, 2.75) is 24.7 Å². The number of hydrogen-bond donors (Lipinski definition) is 0. The second-order valence-electron chi connectivity index (χ2n) is 6.85. The van der Waals surface area contributed by atoms with Gasteiger partial charge in [-0.1, -0.05) is 13.3 Å². The van der Waals surface area contributed by atoms with Crippen molar-refractivity contribution < 1.29 is 17.9 Å². The zero-order valence-corrected chi connectivity index (χ0v) is 17.6. The molecule has 154 valence electrons. The van der Waals surface area contributed by atoms with Gasteiger partial charge in [-0.15, -0.1) is 0 Å². The van der Waals surface area contributed by atoms with Gasteiger partial charge in [0.25, 0.3) is 10.0 Å². The maximum Gasteiger partial charge on any atom is 0.268 e. The number of hydrogen-bond acceptors (Lipinski definition) is 5. The SMILES string of the molecule is CCCc1cn(S(=O)(=O)c2ccc(Oc3cccnc3)cc2)c2ccc(OC)cc12. The third-order valence-corrected chi connectivity index (χ3v) is 6.52. The van der Waals surface area contributed by atoms with Crippen LogP contribution in [0, 0.1) is 0 Å². The van der Waals surface area contributed by atoms with Crippen LogP contribution >= 0.6 is 0 Å². The van der Waals surface area contributed by atoms with Crippen molar-refractivity contribution in [3.05, 3.63) is 78.8 Å². The summed E-state index contributed by atoms with van der Waals surface area (Å²) in [5.74, 6) is 1.82. The highest BCUT2D eigenvalue weighted by Gasteiger charge is 2.21. The van der Waals surface area contributed by atoms with E-state index < -0.39 is 10.0 Å². The minimum Gasteiger partial charge on any atom is -0.497 e. The standard InChI is InChI=1S/C23H22N2O4S/c1-3-5-17-16-25(23-12-9-19(28-2)14-22(17)23)30(26,27)21-10-7-18(8-11-21)29-20-6-4-13-24-15-20/h4,6-16H,3,5H2,1-2H3. The average molecular weight is 423 g/mol. The quantitative estimate of drug-likeness (QED) is 0.418. The van der Waals surface area contributed by atoms with Crippen molar-refractivity contribution >= 4 is 20.9 Å². The third kappa shape index (κ3) is 3.76. The van der Waals surface area contributed by atoms with Crippen molar-refractivity contribution in [3.63, 3.8) is 0 Å². The van der Waals surface area contributed by atoms with Crippen LogP contribution in [0.5, 0.6) is 17.2 Å². The molecule has 0 unspecified atom stereocenters. The molecule has 0 aliphatic heterocycles. The Morgan fingerprint density at radius 3 is 2.43 bits per heavy atom. The van der Waals surface area contributed by atoms with Crippen LogP contribution in [0.1, 0.15) is 18.9 Å². The summed E-state index contributed by atoms with van der Waals surface area (Å²) in [4.78, 5) is 4.19. The largest absolute Gasteiger partial charge is 0.497 e. The van der Waals surface area contributed by atoms with Gasteiger partial charge in [-0.25, -0.2) is 12.4 Å². The molecule has 7 heteroatoms. The number of nitrogens with zero attached hydrogens (tertiary/aromatic N) is 2. The van der Waals surface area contributed by atoms with Crippen LogP contribution in [0.4, 0.5) is 0 Å². The highest BCUT2D eigenvalue weighted by Crippen LogP contribution is 2.31. The van der Waals surface area contributed by atoms with Gasteiger partial charge in [-0.05, 0) is 66.6 Å². The Kier molecular flexibility index (Phi) is 5.46. The van der Waals surface area contributed by atoms with Crippen molar-refractivity contribution in [3.8, 4) is 17.2 Å². The average Bonchev–Trinajstić information content (AvgIpc) is 3.13. The van der Waals surface area contributed by atoms with E-state index in [1.165, 1.54) is 3.97 Å². The molecule has 2 heterocycles. The maximum absolute atomic E-state index is 13.4. The normalized spacial score (nSPS) is 11.5. The predicted molar refractivity (Wildman–Crippen MR) is 116 cm³/mol.